The highest BCUT2D eigenvalue weighted by Gasteiger charge is 2.26. The molecule has 0 bridgehead atoms. The molecule has 1 aromatic heterocycles. The Balaban J connectivity index is 1.60. The van der Waals surface area contributed by atoms with E-state index < -0.39 is 0 Å². The summed E-state index contributed by atoms with van der Waals surface area (Å²) in [5.74, 6) is 0.332. The largest absolute Gasteiger partial charge is 0.324 e. The molecule has 0 saturated carbocycles. The predicted octanol–water partition coefficient (Wildman–Crippen LogP) is 4.04. The van der Waals surface area contributed by atoms with Gasteiger partial charge in [0.25, 0.3) is 5.91 Å². The molecule has 5 heteroatoms. The Hall–Kier alpha value is -3.21. The van der Waals surface area contributed by atoms with Crippen LogP contribution in [-0.2, 0) is 6.42 Å². The van der Waals surface area contributed by atoms with E-state index in [9.17, 15) is 4.79 Å². The molecule has 26 heavy (non-hydrogen) atoms. The van der Waals surface area contributed by atoms with Crippen LogP contribution in [0.1, 0.15) is 27.2 Å². The average molecular weight is 344 g/mol. The maximum absolute atomic E-state index is 12.9. The van der Waals surface area contributed by atoms with E-state index in [1.54, 1.807) is 17.2 Å². The lowest BCUT2D eigenvalue weighted by Gasteiger charge is -2.17. The maximum atomic E-state index is 12.9. The van der Waals surface area contributed by atoms with Gasteiger partial charge in [0.05, 0.1) is 0 Å². The number of carbonyl (C=O) groups is 1. The van der Waals surface area contributed by atoms with Crippen LogP contribution in [0.15, 0.2) is 54.7 Å². The Morgan fingerprint density at radius 2 is 1.96 bits per heavy atom. The minimum absolute atomic E-state index is 0.0960. The van der Waals surface area contributed by atoms with Crippen LogP contribution in [0.5, 0.6) is 0 Å². The van der Waals surface area contributed by atoms with E-state index in [1.807, 2.05) is 44.2 Å². The molecule has 1 aliphatic heterocycles. The maximum Gasteiger partial charge on any atom is 0.277 e. The van der Waals surface area contributed by atoms with Crippen LogP contribution in [0.4, 0.5) is 17.3 Å². The Kier molecular flexibility index (Phi) is 4.13. The molecule has 0 saturated heterocycles. The van der Waals surface area contributed by atoms with Gasteiger partial charge in [-0.25, -0.2) is 9.97 Å². The summed E-state index contributed by atoms with van der Waals surface area (Å²) in [6.07, 6.45) is 2.50. The summed E-state index contributed by atoms with van der Waals surface area (Å²) in [6.45, 7) is 4.75. The van der Waals surface area contributed by atoms with Gasteiger partial charge in [-0.05, 0) is 55.2 Å². The molecule has 130 valence electrons. The molecule has 0 radical (unpaired) electrons. The molecular weight excluding hydrogens is 324 g/mol. The van der Waals surface area contributed by atoms with Crippen molar-refractivity contribution >= 4 is 23.2 Å². The molecule has 0 fully saturated rings. The number of fused-ring (bicyclic) bond motifs is 1. The number of rotatable bonds is 3. The quantitative estimate of drug-likeness (QED) is 0.779. The molecule has 0 aliphatic carbocycles. The molecule has 0 spiro atoms. The monoisotopic (exact) mass is 344 g/mol. The normalized spacial score (nSPS) is 12.8. The molecule has 3 aromatic rings. The minimum Gasteiger partial charge on any atom is -0.324 e. The Morgan fingerprint density at radius 1 is 1.12 bits per heavy atom. The van der Waals surface area contributed by atoms with Crippen molar-refractivity contribution in [1.82, 2.24) is 9.97 Å². The number of nitrogens with zero attached hydrogens (tertiary/aromatic N) is 3. The number of aryl methyl sites for hydroxylation is 2. The summed E-state index contributed by atoms with van der Waals surface area (Å²) in [5, 5.41) is 3.23. The zero-order chi connectivity index (χ0) is 18.1. The SMILES string of the molecule is Cc1ccc(C)c(Nc2nccc(C(=O)N3CCc4ccccc43)n2)c1. The van der Waals surface area contributed by atoms with Gasteiger partial charge in [0.15, 0.2) is 0 Å². The first kappa shape index (κ1) is 16.3. The summed E-state index contributed by atoms with van der Waals surface area (Å²) < 4.78 is 0. The fraction of sp³-hybridized carbons (Fsp3) is 0.190. The number of hydrogen-bond acceptors (Lipinski definition) is 4. The summed E-state index contributed by atoms with van der Waals surface area (Å²) in [7, 11) is 0. The van der Waals surface area contributed by atoms with Crippen LogP contribution in [0.25, 0.3) is 0 Å². The lowest BCUT2D eigenvalue weighted by Crippen LogP contribution is -2.29. The van der Waals surface area contributed by atoms with Crippen LogP contribution in [0.2, 0.25) is 0 Å². The van der Waals surface area contributed by atoms with Crippen molar-refractivity contribution in [2.45, 2.75) is 20.3 Å². The number of carbonyl (C=O) groups excluding carboxylic acids is 1. The van der Waals surface area contributed by atoms with Gasteiger partial charge in [-0.2, -0.15) is 0 Å². The predicted molar refractivity (Wildman–Crippen MR) is 103 cm³/mol. The van der Waals surface area contributed by atoms with Crippen LogP contribution in [-0.4, -0.2) is 22.4 Å². The van der Waals surface area contributed by atoms with Crippen molar-refractivity contribution in [1.29, 1.82) is 0 Å². The first-order chi connectivity index (χ1) is 12.6. The van der Waals surface area contributed by atoms with E-state index in [0.717, 1.165) is 28.9 Å². The fourth-order valence-electron chi connectivity index (χ4n) is 3.22. The van der Waals surface area contributed by atoms with Gasteiger partial charge in [-0.1, -0.05) is 30.3 Å². The van der Waals surface area contributed by atoms with Crippen molar-refractivity contribution in [3.05, 3.63) is 77.1 Å². The van der Waals surface area contributed by atoms with Crippen LogP contribution in [0.3, 0.4) is 0 Å². The van der Waals surface area contributed by atoms with Gasteiger partial charge >= 0.3 is 0 Å². The van der Waals surface area contributed by atoms with E-state index >= 15 is 0 Å². The summed E-state index contributed by atoms with van der Waals surface area (Å²) in [6, 6.07) is 15.8. The first-order valence-corrected chi connectivity index (χ1v) is 8.69. The molecule has 1 N–H and O–H groups in total. The lowest BCUT2D eigenvalue weighted by atomic mass is 10.1. The number of amides is 1. The van der Waals surface area contributed by atoms with Crippen molar-refractivity contribution < 1.29 is 4.79 Å². The molecule has 0 unspecified atom stereocenters. The second-order valence-corrected chi connectivity index (χ2v) is 6.54. The number of para-hydroxylation sites is 1. The van der Waals surface area contributed by atoms with Crippen molar-refractivity contribution in [2.24, 2.45) is 0 Å². The summed E-state index contributed by atoms with van der Waals surface area (Å²) in [4.78, 5) is 23.4. The van der Waals surface area contributed by atoms with E-state index in [4.69, 9.17) is 0 Å². The standard InChI is InChI=1S/C21H20N4O/c1-14-7-8-15(2)18(13-14)24-21-22-11-9-17(23-21)20(26)25-12-10-16-5-3-4-6-19(16)25/h3-9,11,13H,10,12H2,1-2H3,(H,22,23,24). The molecule has 2 heterocycles. The van der Waals surface area contributed by atoms with Crippen LogP contribution >= 0.6 is 0 Å². The Labute approximate surface area is 152 Å². The van der Waals surface area contributed by atoms with Crippen molar-refractivity contribution in [3.8, 4) is 0 Å². The molecular formula is C21H20N4O. The van der Waals surface area contributed by atoms with Crippen LogP contribution in [0, 0.1) is 13.8 Å². The van der Waals surface area contributed by atoms with Gasteiger partial charge in [0.1, 0.15) is 5.69 Å². The molecule has 0 atom stereocenters. The van der Waals surface area contributed by atoms with Gasteiger partial charge < -0.3 is 10.2 Å². The zero-order valence-corrected chi connectivity index (χ0v) is 14.9. The molecule has 2 aromatic carbocycles. The third kappa shape index (κ3) is 3.04. The highest BCUT2D eigenvalue weighted by Crippen LogP contribution is 2.28. The number of anilines is 3. The second kappa shape index (κ2) is 6.59. The highest BCUT2D eigenvalue weighted by molar-refractivity contribution is 6.06. The molecule has 1 amide bonds. The van der Waals surface area contributed by atoms with Crippen molar-refractivity contribution in [3.63, 3.8) is 0 Å². The fourth-order valence-corrected chi connectivity index (χ4v) is 3.22. The van der Waals surface area contributed by atoms with E-state index in [1.165, 1.54) is 5.56 Å². The van der Waals surface area contributed by atoms with Crippen molar-refractivity contribution in [2.75, 3.05) is 16.8 Å². The highest BCUT2D eigenvalue weighted by atomic mass is 16.2. The third-order valence-electron chi connectivity index (χ3n) is 4.65. The topological polar surface area (TPSA) is 58.1 Å². The van der Waals surface area contributed by atoms with Crippen LogP contribution < -0.4 is 10.2 Å². The Bertz CT molecular complexity index is 983. The lowest BCUT2D eigenvalue weighted by molar-refractivity contribution is 0.0984. The van der Waals surface area contributed by atoms with E-state index in [0.29, 0.717) is 18.2 Å². The first-order valence-electron chi connectivity index (χ1n) is 8.69. The minimum atomic E-state index is -0.0960. The summed E-state index contributed by atoms with van der Waals surface area (Å²) >= 11 is 0. The summed E-state index contributed by atoms with van der Waals surface area (Å²) in [5.41, 5.74) is 5.76. The number of aromatic nitrogens is 2. The number of hydrogen-bond donors (Lipinski definition) is 1. The van der Waals surface area contributed by atoms with E-state index in [2.05, 4.69) is 27.4 Å². The number of benzene rings is 2. The average Bonchev–Trinajstić information content (AvgIpc) is 3.08. The van der Waals surface area contributed by atoms with Gasteiger partial charge in [-0.15, -0.1) is 0 Å². The number of nitrogens with one attached hydrogen (secondary N) is 1. The third-order valence-corrected chi connectivity index (χ3v) is 4.65. The van der Waals surface area contributed by atoms with Gasteiger partial charge in [-0.3, -0.25) is 4.79 Å². The second-order valence-electron chi connectivity index (χ2n) is 6.54. The molecule has 4 rings (SSSR count). The zero-order valence-electron chi connectivity index (χ0n) is 14.9. The van der Waals surface area contributed by atoms with Gasteiger partial charge in [0.2, 0.25) is 5.95 Å². The van der Waals surface area contributed by atoms with Gasteiger partial charge in [0, 0.05) is 24.1 Å². The molecule has 1 aliphatic rings. The van der Waals surface area contributed by atoms with E-state index in [-0.39, 0.29) is 5.91 Å². The smallest absolute Gasteiger partial charge is 0.277 e. The Morgan fingerprint density at radius 3 is 2.85 bits per heavy atom. The molecule has 5 nitrogen and oxygen atoms in total.